The second-order valence-electron chi connectivity index (χ2n) is 8.75. The Morgan fingerprint density at radius 1 is 1.13 bits per heavy atom. The third-order valence-corrected chi connectivity index (χ3v) is 6.69. The Balaban J connectivity index is 1.80. The zero-order chi connectivity index (χ0) is 27.5. The number of aromatic nitrogens is 2. The van der Waals surface area contributed by atoms with E-state index in [0.717, 1.165) is 0 Å². The molecule has 3 heterocycles. The number of nitriles is 1. The van der Waals surface area contributed by atoms with Crippen molar-refractivity contribution < 1.29 is 23.0 Å². The van der Waals surface area contributed by atoms with Gasteiger partial charge < -0.3 is 19.7 Å². The second-order valence-corrected chi connectivity index (χ2v) is 9.11. The third kappa shape index (κ3) is 5.06. The van der Waals surface area contributed by atoms with Gasteiger partial charge in [-0.25, -0.2) is 23.5 Å². The zero-order valence-electron chi connectivity index (χ0n) is 20.8. The van der Waals surface area contributed by atoms with Gasteiger partial charge in [-0.05, 0) is 17.7 Å². The number of methoxy groups -OCH3 is 1. The molecule has 39 heavy (non-hydrogen) atoms. The summed E-state index contributed by atoms with van der Waals surface area (Å²) in [6.07, 6.45) is -0.718. The maximum Gasteiger partial charge on any atom is 0.415 e. The number of nitrogens with zero attached hydrogens (tertiary/aromatic N) is 4. The predicted octanol–water partition coefficient (Wildman–Crippen LogP) is 5.10. The molecular formula is C28H22ClF2N5O3. The minimum atomic E-state index is -0.873. The molecule has 0 saturated carbocycles. The summed E-state index contributed by atoms with van der Waals surface area (Å²) in [7, 11) is 1.34. The SMILES string of the molecule is COc1cccc(F)c1-c1nc2nc(Cl)c(C#N)c(OC(=O)N3CCNCC3)c2c(Cc2ccccc2)c1F. The molecule has 1 saturated heterocycles. The van der Waals surface area contributed by atoms with Gasteiger partial charge in [-0.2, -0.15) is 5.26 Å². The minimum absolute atomic E-state index is 0.000145. The Kier molecular flexibility index (Phi) is 7.54. The molecule has 2 aromatic heterocycles. The Morgan fingerprint density at radius 3 is 2.56 bits per heavy atom. The van der Waals surface area contributed by atoms with Gasteiger partial charge in [0.05, 0.1) is 18.1 Å². The monoisotopic (exact) mass is 549 g/mol. The van der Waals surface area contributed by atoms with Crippen LogP contribution in [0.1, 0.15) is 16.7 Å². The van der Waals surface area contributed by atoms with E-state index in [2.05, 4.69) is 15.3 Å². The number of carbonyl (C=O) groups is 1. The van der Waals surface area contributed by atoms with Gasteiger partial charge in [0.25, 0.3) is 0 Å². The highest BCUT2D eigenvalue weighted by molar-refractivity contribution is 6.31. The molecule has 0 spiro atoms. The molecule has 11 heteroatoms. The number of amides is 1. The minimum Gasteiger partial charge on any atom is -0.496 e. The lowest BCUT2D eigenvalue weighted by Crippen LogP contribution is -2.47. The average Bonchev–Trinajstić information content (AvgIpc) is 2.95. The van der Waals surface area contributed by atoms with Gasteiger partial charge in [-0.15, -0.1) is 0 Å². The van der Waals surface area contributed by atoms with Gasteiger partial charge in [0.1, 0.15) is 28.9 Å². The molecule has 0 aliphatic carbocycles. The molecule has 4 aromatic rings. The van der Waals surface area contributed by atoms with E-state index in [0.29, 0.717) is 31.7 Å². The molecular weight excluding hydrogens is 528 g/mol. The zero-order valence-corrected chi connectivity index (χ0v) is 21.6. The van der Waals surface area contributed by atoms with E-state index in [4.69, 9.17) is 21.1 Å². The first kappa shape index (κ1) is 26.3. The number of nitrogens with one attached hydrogen (secondary N) is 1. The van der Waals surface area contributed by atoms with E-state index < -0.39 is 17.7 Å². The fourth-order valence-corrected chi connectivity index (χ4v) is 4.73. The average molecular weight is 550 g/mol. The number of ether oxygens (including phenoxy) is 2. The molecule has 1 fully saturated rings. The quantitative estimate of drug-likeness (QED) is 0.346. The molecule has 8 nitrogen and oxygen atoms in total. The molecule has 1 aliphatic rings. The van der Waals surface area contributed by atoms with Crippen LogP contribution in [0.25, 0.3) is 22.3 Å². The number of rotatable bonds is 5. The first-order valence-corrected chi connectivity index (χ1v) is 12.5. The van der Waals surface area contributed by atoms with Crippen LogP contribution in [0.2, 0.25) is 5.15 Å². The molecule has 198 valence electrons. The van der Waals surface area contributed by atoms with Crippen molar-refractivity contribution in [3.05, 3.63) is 82.0 Å². The Hall–Kier alpha value is -4.33. The van der Waals surface area contributed by atoms with Crippen LogP contribution in [0.3, 0.4) is 0 Å². The largest absolute Gasteiger partial charge is 0.496 e. The first-order chi connectivity index (χ1) is 18.9. The van der Waals surface area contributed by atoms with Crippen molar-refractivity contribution >= 4 is 28.7 Å². The summed E-state index contributed by atoms with van der Waals surface area (Å²) in [5.74, 6) is -1.81. The molecule has 2 aromatic carbocycles. The number of hydrogen-bond acceptors (Lipinski definition) is 7. The van der Waals surface area contributed by atoms with Crippen molar-refractivity contribution in [2.24, 2.45) is 0 Å². The lowest BCUT2D eigenvalue weighted by atomic mass is 9.97. The third-order valence-electron chi connectivity index (χ3n) is 6.41. The molecule has 1 amide bonds. The number of pyridine rings is 2. The Labute approximate surface area is 227 Å². The highest BCUT2D eigenvalue weighted by Crippen LogP contribution is 2.41. The van der Waals surface area contributed by atoms with Crippen molar-refractivity contribution in [3.8, 4) is 28.8 Å². The lowest BCUT2D eigenvalue weighted by molar-refractivity contribution is 0.146. The van der Waals surface area contributed by atoms with Crippen molar-refractivity contribution in [2.45, 2.75) is 6.42 Å². The molecule has 0 bridgehead atoms. The molecule has 1 aliphatic heterocycles. The van der Waals surface area contributed by atoms with Crippen LogP contribution in [0.4, 0.5) is 13.6 Å². The van der Waals surface area contributed by atoms with E-state index in [1.165, 1.54) is 30.2 Å². The van der Waals surface area contributed by atoms with Crippen LogP contribution in [0, 0.1) is 23.0 Å². The maximum absolute atomic E-state index is 16.5. The first-order valence-electron chi connectivity index (χ1n) is 12.1. The van der Waals surface area contributed by atoms with E-state index >= 15 is 8.78 Å². The molecule has 0 radical (unpaired) electrons. The van der Waals surface area contributed by atoms with Crippen LogP contribution < -0.4 is 14.8 Å². The topological polar surface area (TPSA) is 100 Å². The van der Waals surface area contributed by atoms with Crippen LogP contribution in [0.5, 0.6) is 11.5 Å². The summed E-state index contributed by atoms with van der Waals surface area (Å²) in [5.41, 5.74) is -0.181. The van der Waals surface area contributed by atoms with E-state index in [-0.39, 0.29) is 56.5 Å². The predicted molar refractivity (Wildman–Crippen MR) is 141 cm³/mol. The maximum atomic E-state index is 16.5. The summed E-state index contributed by atoms with van der Waals surface area (Å²) in [5, 5.41) is 12.8. The van der Waals surface area contributed by atoms with Crippen LogP contribution in [-0.4, -0.2) is 54.2 Å². The lowest BCUT2D eigenvalue weighted by Gasteiger charge is -2.27. The van der Waals surface area contributed by atoms with Gasteiger partial charge in [0.2, 0.25) is 0 Å². The highest BCUT2D eigenvalue weighted by atomic mass is 35.5. The van der Waals surface area contributed by atoms with Gasteiger partial charge in [0.15, 0.2) is 22.4 Å². The normalized spacial score (nSPS) is 13.3. The number of carbonyl (C=O) groups excluding carboxylic acids is 1. The summed E-state index contributed by atoms with van der Waals surface area (Å²) in [6.45, 7) is 1.92. The van der Waals surface area contributed by atoms with E-state index in [1.807, 2.05) is 12.1 Å². The fourth-order valence-electron chi connectivity index (χ4n) is 4.52. The number of piperazine rings is 1. The van der Waals surface area contributed by atoms with Gasteiger partial charge in [-0.3, -0.25) is 0 Å². The van der Waals surface area contributed by atoms with Crippen molar-refractivity contribution in [3.63, 3.8) is 0 Å². The molecule has 0 atom stereocenters. The fraction of sp³-hybridized carbons (Fsp3) is 0.214. The van der Waals surface area contributed by atoms with Crippen molar-refractivity contribution in [2.75, 3.05) is 33.3 Å². The van der Waals surface area contributed by atoms with Crippen molar-refractivity contribution in [1.29, 1.82) is 5.26 Å². The number of halogens is 3. The standard InChI is InChI=1S/C28H22ClF2N5O3/c1-38-20-9-5-8-19(30)22(20)24-23(31)17(14-16-6-3-2-4-7-16)21-25(18(15-32)26(29)35-27(21)34-24)39-28(37)36-12-10-33-11-13-36/h2-9,33H,10-14H2,1H3. The van der Waals surface area contributed by atoms with Gasteiger partial charge >= 0.3 is 6.09 Å². The summed E-state index contributed by atoms with van der Waals surface area (Å²) in [4.78, 5) is 23.1. The van der Waals surface area contributed by atoms with E-state index in [9.17, 15) is 10.1 Å². The van der Waals surface area contributed by atoms with Gasteiger partial charge in [0, 0.05) is 38.2 Å². The molecule has 5 rings (SSSR count). The molecule has 0 unspecified atom stereocenters. The van der Waals surface area contributed by atoms with Crippen LogP contribution >= 0.6 is 11.6 Å². The van der Waals surface area contributed by atoms with Crippen molar-refractivity contribution in [1.82, 2.24) is 20.2 Å². The van der Waals surface area contributed by atoms with Gasteiger partial charge in [-0.1, -0.05) is 48.0 Å². The number of hydrogen-bond donors (Lipinski definition) is 1. The van der Waals surface area contributed by atoms with Crippen LogP contribution in [0.15, 0.2) is 48.5 Å². The Bertz CT molecular complexity index is 1610. The Morgan fingerprint density at radius 2 is 1.87 bits per heavy atom. The smallest absolute Gasteiger partial charge is 0.415 e. The number of fused-ring (bicyclic) bond motifs is 1. The summed E-state index contributed by atoms with van der Waals surface area (Å²) in [6, 6.07) is 15.0. The molecule has 1 N–H and O–H groups in total. The van der Waals surface area contributed by atoms with E-state index in [1.54, 1.807) is 24.3 Å². The summed E-state index contributed by atoms with van der Waals surface area (Å²) < 4.78 is 42.6. The van der Waals surface area contributed by atoms with Crippen LogP contribution in [-0.2, 0) is 6.42 Å². The highest BCUT2D eigenvalue weighted by Gasteiger charge is 2.29. The summed E-state index contributed by atoms with van der Waals surface area (Å²) >= 11 is 6.34. The number of benzene rings is 2. The second kappa shape index (κ2) is 11.2.